The highest BCUT2D eigenvalue weighted by molar-refractivity contribution is 5.81. The van der Waals surface area contributed by atoms with Crippen molar-refractivity contribution in [3.8, 4) is 11.6 Å². The molecule has 7 nitrogen and oxygen atoms in total. The number of likely N-dealkylation sites (tertiary alicyclic amines) is 2. The number of hydrogen-bond acceptors (Lipinski definition) is 4. The van der Waals surface area contributed by atoms with Crippen molar-refractivity contribution in [2.75, 3.05) is 26.2 Å². The van der Waals surface area contributed by atoms with Gasteiger partial charge in [-0.3, -0.25) is 4.79 Å². The number of pyridine rings is 1. The second kappa shape index (κ2) is 10.0. The van der Waals surface area contributed by atoms with Crippen molar-refractivity contribution in [2.24, 2.45) is 5.92 Å². The minimum absolute atomic E-state index is 0.000339. The maximum Gasteiger partial charge on any atom is 0.320 e. The van der Waals surface area contributed by atoms with Crippen LogP contribution in [0.15, 0.2) is 36.5 Å². The second-order valence-corrected chi connectivity index (χ2v) is 8.86. The fourth-order valence-electron chi connectivity index (χ4n) is 4.31. The van der Waals surface area contributed by atoms with E-state index in [0.29, 0.717) is 19.0 Å². The van der Waals surface area contributed by atoms with Crippen LogP contribution in [-0.2, 0) is 11.3 Å². The summed E-state index contributed by atoms with van der Waals surface area (Å²) in [6.07, 6.45) is 5.56. The molecule has 0 radical (unpaired) electrons. The molecule has 170 valence electrons. The number of benzene rings is 1. The van der Waals surface area contributed by atoms with Crippen molar-refractivity contribution in [2.45, 2.75) is 46.1 Å². The van der Waals surface area contributed by atoms with Gasteiger partial charge in [0.2, 0.25) is 11.8 Å². The Labute approximate surface area is 189 Å². The van der Waals surface area contributed by atoms with Gasteiger partial charge in [0, 0.05) is 45.0 Å². The lowest BCUT2D eigenvalue weighted by atomic mass is 9.97. The highest BCUT2D eigenvalue weighted by Crippen LogP contribution is 2.25. The number of rotatable bonds is 5. The van der Waals surface area contributed by atoms with E-state index in [1.165, 1.54) is 0 Å². The van der Waals surface area contributed by atoms with Crippen LogP contribution >= 0.6 is 0 Å². The van der Waals surface area contributed by atoms with Crippen LogP contribution in [0.3, 0.4) is 0 Å². The van der Waals surface area contributed by atoms with Gasteiger partial charge >= 0.3 is 6.03 Å². The Morgan fingerprint density at radius 1 is 1.06 bits per heavy atom. The number of carbonyl (C=O) groups excluding carboxylic acids is 2. The van der Waals surface area contributed by atoms with Gasteiger partial charge in [-0.2, -0.15) is 0 Å². The third-order valence-electron chi connectivity index (χ3n) is 6.26. The Morgan fingerprint density at radius 2 is 1.84 bits per heavy atom. The summed E-state index contributed by atoms with van der Waals surface area (Å²) in [5.74, 6) is 1.16. The van der Waals surface area contributed by atoms with E-state index in [0.717, 1.165) is 67.8 Å². The molecule has 0 unspecified atom stereocenters. The standard InChI is InChI=1S/C25H32N4O3/c1-18-7-8-19(2)22(14-18)32-23-10-9-20(15-26-23)16-27-24(30)21-6-5-13-29(17-21)25(31)28-11-3-4-12-28/h7-10,14-15,21H,3-6,11-13,16-17H2,1-2H3,(H,27,30)/t21-/m1/s1. The first-order valence-corrected chi connectivity index (χ1v) is 11.5. The monoisotopic (exact) mass is 436 g/mol. The van der Waals surface area contributed by atoms with Crippen LogP contribution in [0.5, 0.6) is 11.6 Å². The molecule has 0 aliphatic carbocycles. The highest BCUT2D eigenvalue weighted by Gasteiger charge is 2.31. The van der Waals surface area contributed by atoms with Crippen LogP contribution in [-0.4, -0.2) is 52.9 Å². The SMILES string of the molecule is Cc1ccc(C)c(Oc2ccc(CNC(=O)[C@@H]3CCCN(C(=O)N4CCCC4)C3)cn2)c1. The predicted octanol–water partition coefficient (Wildman–Crippen LogP) is 4.03. The summed E-state index contributed by atoms with van der Waals surface area (Å²) in [4.78, 5) is 33.5. The molecule has 3 heterocycles. The molecule has 4 rings (SSSR count). The molecule has 7 heteroatoms. The first kappa shape index (κ1) is 22.1. The van der Waals surface area contributed by atoms with Crippen molar-refractivity contribution >= 4 is 11.9 Å². The average Bonchev–Trinajstić information content (AvgIpc) is 3.35. The molecule has 1 N–H and O–H groups in total. The molecule has 1 atom stereocenters. The van der Waals surface area contributed by atoms with Crippen molar-refractivity contribution in [1.82, 2.24) is 20.1 Å². The Hall–Kier alpha value is -3.09. The lowest BCUT2D eigenvalue weighted by Gasteiger charge is -2.34. The summed E-state index contributed by atoms with van der Waals surface area (Å²) in [7, 11) is 0. The summed E-state index contributed by atoms with van der Waals surface area (Å²) < 4.78 is 5.90. The van der Waals surface area contributed by atoms with Crippen LogP contribution in [0.1, 0.15) is 42.4 Å². The van der Waals surface area contributed by atoms with E-state index >= 15 is 0 Å². The number of ether oxygens (including phenoxy) is 1. The minimum Gasteiger partial charge on any atom is -0.439 e. The Morgan fingerprint density at radius 3 is 2.59 bits per heavy atom. The predicted molar refractivity (Wildman–Crippen MR) is 123 cm³/mol. The lowest BCUT2D eigenvalue weighted by molar-refractivity contribution is -0.126. The topological polar surface area (TPSA) is 74.8 Å². The van der Waals surface area contributed by atoms with E-state index in [2.05, 4.69) is 16.4 Å². The number of hydrogen-bond donors (Lipinski definition) is 1. The van der Waals surface area contributed by atoms with Crippen molar-refractivity contribution in [3.63, 3.8) is 0 Å². The van der Waals surface area contributed by atoms with Crippen LogP contribution in [0, 0.1) is 19.8 Å². The summed E-state index contributed by atoms with van der Waals surface area (Å²) in [6, 6.07) is 9.89. The van der Waals surface area contributed by atoms with Crippen molar-refractivity contribution in [3.05, 3.63) is 53.2 Å². The molecule has 2 aliphatic rings. The minimum atomic E-state index is -0.157. The van der Waals surface area contributed by atoms with E-state index in [1.807, 2.05) is 47.9 Å². The zero-order valence-corrected chi connectivity index (χ0v) is 19.0. The molecule has 1 aromatic heterocycles. The molecule has 32 heavy (non-hydrogen) atoms. The zero-order chi connectivity index (χ0) is 22.5. The number of aryl methyl sites for hydroxylation is 2. The number of carbonyl (C=O) groups is 2. The number of amides is 3. The van der Waals surface area contributed by atoms with E-state index in [4.69, 9.17) is 4.74 Å². The molecule has 0 spiro atoms. The molecule has 2 fully saturated rings. The first-order valence-electron chi connectivity index (χ1n) is 11.5. The van der Waals surface area contributed by atoms with Gasteiger partial charge in [-0.05, 0) is 62.3 Å². The number of nitrogens with one attached hydrogen (secondary N) is 1. The van der Waals surface area contributed by atoms with Gasteiger partial charge in [0.05, 0.1) is 5.92 Å². The average molecular weight is 437 g/mol. The van der Waals surface area contributed by atoms with Crippen LogP contribution in [0.25, 0.3) is 0 Å². The summed E-state index contributed by atoms with van der Waals surface area (Å²) in [5, 5.41) is 3.01. The third kappa shape index (κ3) is 5.39. The van der Waals surface area contributed by atoms with Gasteiger partial charge in [0.25, 0.3) is 0 Å². The van der Waals surface area contributed by atoms with E-state index in [9.17, 15) is 9.59 Å². The highest BCUT2D eigenvalue weighted by atomic mass is 16.5. The maximum atomic E-state index is 12.7. The Bertz CT molecular complexity index is 954. The molecule has 2 aliphatic heterocycles. The fourth-order valence-corrected chi connectivity index (χ4v) is 4.31. The molecule has 2 saturated heterocycles. The smallest absolute Gasteiger partial charge is 0.320 e. The zero-order valence-electron chi connectivity index (χ0n) is 19.0. The van der Waals surface area contributed by atoms with Gasteiger partial charge in [-0.25, -0.2) is 9.78 Å². The Balaban J connectivity index is 1.28. The van der Waals surface area contributed by atoms with Crippen molar-refractivity contribution < 1.29 is 14.3 Å². The van der Waals surface area contributed by atoms with Crippen LogP contribution in [0.4, 0.5) is 4.79 Å². The summed E-state index contributed by atoms with van der Waals surface area (Å²) >= 11 is 0. The number of nitrogens with zero attached hydrogens (tertiary/aromatic N) is 3. The molecular weight excluding hydrogens is 404 g/mol. The molecular formula is C25H32N4O3. The van der Waals surface area contributed by atoms with Gasteiger partial charge in [0.15, 0.2) is 0 Å². The fraction of sp³-hybridized carbons (Fsp3) is 0.480. The van der Waals surface area contributed by atoms with Crippen LogP contribution in [0.2, 0.25) is 0 Å². The Kier molecular flexibility index (Phi) is 6.93. The normalized spacial score (nSPS) is 18.5. The summed E-state index contributed by atoms with van der Waals surface area (Å²) in [5.41, 5.74) is 3.10. The molecule has 0 saturated carbocycles. The first-order chi connectivity index (χ1) is 15.5. The van der Waals surface area contributed by atoms with Gasteiger partial charge < -0.3 is 19.9 Å². The van der Waals surface area contributed by atoms with E-state index in [1.54, 1.807) is 6.20 Å². The molecule has 0 bridgehead atoms. The lowest BCUT2D eigenvalue weighted by Crippen LogP contribution is -2.49. The summed E-state index contributed by atoms with van der Waals surface area (Å²) in [6.45, 7) is 7.35. The van der Waals surface area contributed by atoms with Gasteiger partial charge in [-0.15, -0.1) is 0 Å². The molecule has 1 aromatic carbocycles. The number of urea groups is 1. The quantitative estimate of drug-likeness (QED) is 0.768. The number of aromatic nitrogens is 1. The number of piperidine rings is 1. The largest absolute Gasteiger partial charge is 0.439 e. The maximum absolute atomic E-state index is 12.7. The molecule has 3 amide bonds. The second-order valence-electron chi connectivity index (χ2n) is 8.86. The third-order valence-corrected chi connectivity index (χ3v) is 6.26. The van der Waals surface area contributed by atoms with E-state index in [-0.39, 0.29) is 17.9 Å². The van der Waals surface area contributed by atoms with Gasteiger partial charge in [0.1, 0.15) is 5.75 Å². The van der Waals surface area contributed by atoms with Crippen molar-refractivity contribution in [1.29, 1.82) is 0 Å². The van der Waals surface area contributed by atoms with Crippen LogP contribution < -0.4 is 10.1 Å². The molecule has 2 aromatic rings. The van der Waals surface area contributed by atoms with E-state index < -0.39 is 0 Å². The van der Waals surface area contributed by atoms with Gasteiger partial charge in [-0.1, -0.05) is 18.2 Å².